The Morgan fingerprint density at radius 3 is 2.44 bits per heavy atom. The molecule has 0 spiro atoms. The Morgan fingerprint density at radius 1 is 0.889 bits per heavy atom. The van der Waals surface area contributed by atoms with E-state index in [1.54, 1.807) is 7.11 Å². The zero-order chi connectivity index (χ0) is 18.9. The highest BCUT2D eigenvalue weighted by molar-refractivity contribution is 5.92. The second kappa shape index (κ2) is 9.29. The van der Waals surface area contributed by atoms with Crippen LogP contribution in [0.1, 0.15) is 11.1 Å². The van der Waals surface area contributed by atoms with Crippen molar-refractivity contribution in [3.8, 4) is 11.5 Å². The first-order chi connectivity index (χ1) is 13.2. The lowest BCUT2D eigenvalue weighted by Gasteiger charge is -2.09. The van der Waals surface area contributed by atoms with Crippen molar-refractivity contribution in [2.45, 2.75) is 13.2 Å². The Morgan fingerprint density at radius 2 is 1.63 bits per heavy atom. The lowest BCUT2D eigenvalue weighted by Crippen LogP contribution is -2.22. The Labute approximate surface area is 159 Å². The standard InChI is InChI=1S/C22H23N3O2/c1-26-20-11-6-10-19(14-20)25-22(23)24-15-18-9-5-12-21(13-18)27-16-17-7-3-2-4-8-17/h2-14H,15-16H2,1H3,(H3,23,24,25). The van der Waals surface area contributed by atoms with Gasteiger partial charge in [-0.05, 0) is 35.4 Å². The van der Waals surface area contributed by atoms with E-state index in [4.69, 9.17) is 15.2 Å². The molecule has 0 radical (unpaired) electrons. The summed E-state index contributed by atoms with van der Waals surface area (Å²) in [6.45, 7) is 0.998. The summed E-state index contributed by atoms with van der Waals surface area (Å²) < 4.78 is 11.1. The Bertz CT molecular complexity index is 895. The van der Waals surface area contributed by atoms with Crippen LogP contribution in [0.4, 0.5) is 5.69 Å². The van der Waals surface area contributed by atoms with Gasteiger partial charge in [-0.1, -0.05) is 48.5 Å². The van der Waals surface area contributed by atoms with E-state index in [1.807, 2.05) is 78.9 Å². The minimum atomic E-state index is 0.346. The first-order valence-corrected chi connectivity index (χ1v) is 8.69. The van der Waals surface area contributed by atoms with Crippen LogP contribution < -0.4 is 20.5 Å². The fourth-order valence-electron chi connectivity index (χ4n) is 2.54. The molecule has 0 atom stereocenters. The third-order valence-electron chi connectivity index (χ3n) is 3.92. The molecule has 0 saturated carbocycles. The lowest BCUT2D eigenvalue weighted by atomic mass is 10.2. The number of aliphatic imine (C=N–C) groups is 1. The first kappa shape index (κ1) is 18.3. The van der Waals surface area contributed by atoms with Crippen LogP contribution in [0, 0.1) is 0 Å². The number of benzene rings is 3. The Balaban J connectivity index is 1.57. The van der Waals surface area contributed by atoms with E-state index in [0.717, 1.165) is 28.3 Å². The number of ether oxygens (including phenoxy) is 2. The SMILES string of the molecule is COc1cccc(NC(N)=NCc2cccc(OCc3ccccc3)c2)c1. The molecule has 3 N–H and O–H groups in total. The predicted octanol–water partition coefficient (Wildman–Crippen LogP) is 4.20. The number of nitrogens with zero attached hydrogens (tertiary/aromatic N) is 1. The van der Waals surface area contributed by atoms with Crippen LogP contribution in [0.2, 0.25) is 0 Å². The number of guanidine groups is 1. The summed E-state index contributed by atoms with van der Waals surface area (Å²) in [5, 5.41) is 3.06. The van der Waals surface area contributed by atoms with Gasteiger partial charge in [0, 0.05) is 11.8 Å². The molecular weight excluding hydrogens is 338 g/mol. The maximum Gasteiger partial charge on any atom is 0.193 e. The summed E-state index contributed by atoms with van der Waals surface area (Å²) in [5.74, 6) is 1.92. The molecule has 0 aromatic heterocycles. The van der Waals surface area contributed by atoms with E-state index in [1.165, 1.54) is 0 Å². The van der Waals surface area contributed by atoms with Gasteiger partial charge in [-0.3, -0.25) is 0 Å². The molecule has 0 fully saturated rings. The van der Waals surface area contributed by atoms with E-state index >= 15 is 0 Å². The van der Waals surface area contributed by atoms with Crippen molar-refractivity contribution in [2.24, 2.45) is 10.7 Å². The zero-order valence-corrected chi connectivity index (χ0v) is 15.3. The molecule has 3 aromatic rings. The molecule has 5 heteroatoms. The molecule has 0 bridgehead atoms. The number of methoxy groups -OCH3 is 1. The van der Waals surface area contributed by atoms with Crippen molar-refractivity contribution in [3.63, 3.8) is 0 Å². The molecule has 0 saturated heterocycles. The average molecular weight is 361 g/mol. The van der Waals surface area contributed by atoms with Gasteiger partial charge in [0.1, 0.15) is 18.1 Å². The van der Waals surface area contributed by atoms with Gasteiger partial charge in [0.2, 0.25) is 0 Å². The second-order valence-corrected chi connectivity index (χ2v) is 5.98. The van der Waals surface area contributed by atoms with E-state index in [2.05, 4.69) is 10.3 Å². The molecule has 138 valence electrons. The Kier molecular flexibility index (Phi) is 6.30. The van der Waals surface area contributed by atoms with Crippen molar-refractivity contribution in [1.29, 1.82) is 0 Å². The molecule has 3 aromatic carbocycles. The molecular formula is C22H23N3O2. The van der Waals surface area contributed by atoms with Gasteiger partial charge in [-0.2, -0.15) is 0 Å². The summed E-state index contributed by atoms with van der Waals surface area (Å²) >= 11 is 0. The van der Waals surface area contributed by atoms with E-state index < -0.39 is 0 Å². The van der Waals surface area contributed by atoms with Crippen molar-refractivity contribution < 1.29 is 9.47 Å². The second-order valence-electron chi connectivity index (χ2n) is 5.98. The van der Waals surface area contributed by atoms with Crippen LogP contribution in [0.3, 0.4) is 0 Å². The largest absolute Gasteiger partial charge is 0.497 e. The van der Waals surface area contributed by atoms with Crippen LogP contribution in [-0.4, -0.2) is 13.1 Å². The predicted molar refractivity (Wildman–Crippen MR) is 109 cm³/mol. The van der Waals surface area contributed by atoms with Gasteiger partial charge < -0.3 is 20.5 Å². The number of anilines is 1. The minimum absolute atomic E-state index is 0.346. The third kappa shape index (κ3) is 5.78. The fraction of sp³-hybridized carbons (Fsp3) is 0.136. The van der Waals surface area contributed by atoms with E-state index in [9.17, 15) is 0 Å². The normalized spacial score (nSPS) is 11.1. The van der Waals surface area contributed by atoms with Crippen molar-refractivity contribution in [1.82, 2.24) is 0 Å². The summed E-state index contributed by atoms with van der Waals surface area (Å²) in [6, 6.07) is 25.5. The molecule has 27 heavy (non-hydrogen) atoms. The van der Waals surface area contributed by atoms with Crippen LogP contribution in [0.25, 0.3) is 0 Å². The van der Waals surface area contributed by atoms with Gasteiger partial charge >= 0.3 is 0 Å². The minimum Gasteiger partial charge on any atom is -0.497 e. The quantitative estimate of drug-likeness (QED) is 0.489. The summed E-state index contributed by atoms with van der Waals surface area (Å²) in [6.07, 6.45) is 0. The smallest absolute Gasteiger partial charge is 0.193 e. The number of nitrogens with one attached hydrogen (secondary N) is 1. The highest BCUT2D eigenvalue weighted by atomic mass is 16.5. The first-order valence-electron chi connectivity index (χ1n) is 8.69. The number of hydrogen-bond donors (Lipinski definition) is 2. The lowest BCUT2D eigenvalue weighted by molar-refractivity contribution is 0.306. The van der Waals surface area contributed by atoms with Gasteiger partial charge in [0.05, 0.1) is 13.7 Å². The number of nitrogens with two attached hydrogens (primary N) is 1. The summed E-state index contributed by atoms with van der Waals surface area (Å²) in [7, 11) is 1.63. The summed E-state index contributed by atoms with van der Waals surface area (Å²) in [4.78, 5) is 4.39. The molecule has 0 aliphatic carbocycles. The molecule has 0 aliphatic rings. The van der Waals surface area contributed by atoms with Gasteiger partial charge in [0.15, 0.2) is 5.96 Å². The van der Waals surface area contributed by atoms with Gasteiger partial charge in [0.25, 0.3) is 0 Å². The molecule has 0 amide bonds. The molecule has 0 heterocycles. The maximum absolute atomic E-state index is 5.98. The van der Waals surface area contributed by atoms with Gasteiger partial charge in [-0.25, -0.2) is 4.99 Å². The average Bonchev–Trinajstić information content (AvgIpc) is 2.72. The third-order valence-corrected chi connectivity index (χ3v) is 3.92. The van der Waals surface area contributed by atoms with Crippen molar-refractivity contribution in [3.05, 3.63) is 90.0 Å². The number of rotatable bonds is 7. The number of hydrogen-bond acceptors (Lipinski definition) is 3. The van der Waals surface area contributed by atoms with E-state index in [-0.39, 0.29) is 0 Å². The highest BCUT2D eigenvalue weighted by Gasteiger charge is 2.00. The topological polar surface area (TPSA) is 68.9 Å². The van der Waals surface area contributed by atoms with Crippen LogP contribution in [0.5, 0.6) is 11.5 Å². The molecule has 5 nitrogen and oxygen atoms in total. The van der Waals surface area contributed by atoms with Gasteiger partial charge in [-0.15, -0.1) is 0 Å². The summed E-state index contributed by atoms with van der Waals surface area (Å²) in [5.41, 5.74) is 8.97. The zero-order valence-electron chi connectivity index (χ0n) is 15.3. The van der Waals surface area contributed by atoms with Crippen LogP contribution in [0.15, 0.2) is 83.9 Å². The molecule has 3 rings (SSSR count). The Hall–Kier alpha value is -3.47. The van der Waals surface area contributed by atoms with Crippen molar-refractivity contribution in [2.75, 3.05) is 12.4 Å². The highest BCUT2D eigenvalue weighted by Crippen LogP contribution is 2.17. The fourth-order valence-corrected chi connectivity index (χ4v) is 2.54. The van der Waals surface area contributed by atoms with Crippen LogP contribution in [-0.2, 0) is 13.2 Å². The van der Waals surface area contributed by atoms with Crippen molar-refractivity contribution >= 4 is 11.6 Å². The molecule has 0 unspecified atom stereocenters. The van der Waals surface area contributed by atoms with E-state index in [0.29, 0.717) is 19.1 Å². The maximum atomic E-state index is 5.98. The van der Waals surface area contributed by atoms with Crippen LogP contribution >= 0.6 is 0 Å². The molecule has 0 aliphatic heterocycles. The monoisotopic (exact) mass is 361 g/mol.